The summed E-state index contributed by atoms with van der Waals surface area (Å²) < 4.78 is 7.21. The predicted octanol–water partition coefficient (Wildman–Crippen LogP) is 1.94. The Morgan fingerprint density at radius 1 is 1.45 bits per heavy atom. The summed E-state index contributed by atoms with van der Waals surface area (Å²) in [4.78, 5) is 17.7. The standard InChI is InChI=1S/C17H23N3O2/c1-10-7-12(11(2)18)14-13(8-10)15(21)20(4)16(19-14)17(3)5-6-22-9-17/h7-8,11H,5-6,9,18H2,1-4H3/t11-,17?/m1/s1. The van der Waals surface area contributed by atoms with E-state index < -0.39 is 0 Å². The van der Waals surface area contributed by atoms with E-state index in [1.54, 1.807) is 11.6 Å². The Morgan fingerprint density at radius 3 is 2.77 bits per heavy atom. The molecule has 1 aliphatic rings. The van der Waals surface area contributed by atoms with E-state index >= 15 is 0 Å². The fraction of sp³-hybridized carbons (Fsp3) is 0.529. The minimum Gasteiger partial charge on any atom is -0.380 e. The summed E-state index contributed by atoms with van der Waals surface area (Å²) in [5, 5.41) is 0.640. The molecule has 2 aromatic rings. The maximum Gasteiger partial charge on any atom is 0.261 e. The first-order valence-electron chi connectivity index (χ1n) is 7.68. The van der Waals surface area contributed by atoms with Gasteiger partial charge in [-0.25, -0.2) is 4.98 Å². The lowest BCUT2D eigenvalue weighted by atomic mass is 9.88. The molecule has 2 atom stereocenters. The van der Waals surface area contributed by atoms with Gasteiger partial charge in [0, 0.05) is 19.7 Å². The van der Waals surface area contributed by atoms with Crippen molar-refractivity contribution >= 4 is 10.9 Å². The Hall–Kier alpha value is -1.72. The van der Waals surface area contributed by atoms with Crippen molar-refractivity contribution < 1.29 is 4.74 Å². The first-order valence-corrected chi connectivity index (χ1v) is 7.68. The molecular formula is C17H23N3O2. The molecule has 1 fully saturated rings. The van der Waals surface area contributed by atoms with Gasteiger partial charge in [-0.15, -0.1) is 0 Å². The van der Waals surface area contributed by atoms with E-state index in [1.807, 2.05) is 26.0 Å². The van der Waals surface area contributed by atoms with Crippen molar-refractivity contribution in [3.8, 4) is 0 Å². The highest BCUT2D eigenvalue weighted by Gasteiger charge is 2.36. The van der Waals surface area contributed by atoms with Crippen molar-refractivity contribution in [3.63, 3.8) is 0 Å². The summed E-state index contributed by atoms with van der Waals surface area (Å²) in [7, 11) is 1.79. The van der Waals surface area contributed by atoms with Gasteiger partial charge < -0.3 is 10.5 Å². The highest BCUT2D eigenvalue weighted by Crippen LogP contribution is 2.32. The third kappa shape index (κ3) is 2.25. The average molecular weight is 301 g/mol. The molecule has 2 N–H and O–H groups in total. The van der Waals surface area contributed by atoms with E-state index in [-0.39, 0.29) is 17.0 Å². The van der Waals surface area contributed by atoms with Gasteiger partial charge in [0.1, 0.15) is 5.82 Å². The van der Waals surface area contributed by atoms with Gasteiger partial charge in [-0.3, -0.25) is 9.36 Å². The number of rotatable bonds is 2. The minimum atomic E-state index is -0.220. The molecule has 5 nitrogen and oxygen atoms in total. The molecule has 1 saturated heterocycles. The number of nitrogens with zero attached hydrogens (tertiary/aromatic N) is 2. The molecule has 0 bridgehead atoms. The molecule has 0 radical (unpaired) electrons. The quantitative estimate of drug-likeness (QED) is 0.920. The maximum absolute atomic E-state index is 12.8. The monoisotopic (exact) mass is 301 g/mol. The zero-order chi connectivity index (χ0) is 16.1. The second-order valence-electron chi connectivity index (χ2n) is 6.70. The van der Waals surface area contributed by atoms with Crippen LogP contribution in [0.25, 0.3) is 10.9 Å². The molecule has 5 heteroatoms. The first kappa shape index (κ1) is 15.2. The van der Waals surface area contributed by atoms with E-state index in [2.05, 4.69) is 6.92 Å². The van der Waals surface area contributed by atoms with Gasteiger partial charge in [0.15, 0.2) is 0 Å². The van der Waals surface area contributed by atoms with Crippen LogP contribution < -0.4 is 11.3 Å². The SMILES string of the molecule is Cc1cc([C@@H](C)N)c2nc(C3(C)CCOC3)n(C)c(=O)c2c1. The second-order valence-corrected chi connectivity index (χ2v) is 6.70. The van der Waals surface area contributed by atoms with Gasteiger partial charge in [0.2, 0.25) is 0 Å². The van der Waals surface area contributed by atoms with E-state index in [4.69, 9.17) is 15.5 Å². The summed E-state index contributed by atoms with van der Waals surface area (Å²) in [6.45, 7) is 7.31. The number of fused-ring (bicyclic) bond motifs is 1. The van der Waals surface area contributed by atoms with Crippen LogP contribution in [-0.2, 0) is 17.2 Å². The zero-order valence-electron chi connectivity index (χ0n) is 13.6. The van der Waals surface area contributed by atoms with Gasteiger partial charge in [0.25, 0.3) is 5.56 Å². The minimum absolute atomic E-state index is 0.0151. The Balaban J connectivity index is 2.37. The summed E-state index contributed by atoms with van der Waals surface area (Å²) in [6.07, 6.45) is 0.873. The molecule has 1 aromatic heterocycles. The van der Waals surface area contributed by atoms with Crippen LogP contribution in [0.3, 0.4) is 0 Å². The summed E-state index contributed by atoms with van der Waals surface area (Å²) in [5.41, 5.74) is 8.55. The Kier molecular flexibility index (Phi) is 3.57. The Morgan fingerprint density at radius 2 is 2.18 bits per heavy atom. The van der Waals surface area contributed by atoms with Gasteiger partial charge in [-0.1, -0.05) is 13.0 Å². The molecule has 1 aromatic carbocycles. The lowest BCUT2D eigenvalue weighted by Crippen LogP contribution is -2.34. The normalized spacial score (nSPS) is 23.1. The van der Waals surface area contributed by atoms with Gasteiger partial charge >= 0.3 is 0 Å². The summed E-state index contributed by atoms with van der Waals surface area (Å²) in [6, 6.07) is 3.76. The van der Waals surface area contributed by atoms with Crippen LogP contribution in [0.1, 0.15) is 43.3 Å². The van der Waals surface area contributed by atoms with Crippen LogP contribution in [0.15, 0.2) is 16.9 Å². The molecule has 3 rings (SSSR count). The van der Waals surface area contributed by atoms with E-state index in [0.29, 0.717) is 18.6 Å². The van der Waals surface area contributed by atoms with Crippen molar-refractivity contribution in [2.45, 2.75) is 38.6 Å². The summed E-state index contributed by atoms with van der Waals surface area (Å²) >= 11 is 0. The smallest absolute Gasteiger partial charge is 0.261 e. The number of aryl methyl sites for hydroxylation is 1. The van der Waals surface area contributed by atoms with Crippen molar-refractivity contribution in [3.05, 3.63) is 39.4 Å². The Bertz CT molecular complexity index is 787. The van der Waals surface area contributed by atoms with Crippen LogP contribution >= 0.6 is 0 Å². The highest BCUT2D eigenvalue weighted by molar-refractivity contribution is 5.82. The fourth-order valence-corrected chi connectivity index (χ4v) is 3.28. The van der Waals surface area contributed by atoms with Crippen molar-refractivity contribution in [2.24, 2.45) is 12.8 Å². The molecule has 0 amide bonds. The first-order chi connectivity index (χ1) is 10.3. The van der Waals surface area contributed by atoms with Gasteiger partial charge in [-0.05, 0) is 37.5 Å². The molecule has 0 saturated carbocycles. The molecule has 22 heavy (non-hydrogen) atoms. The topological polar surface area (TPSA) is 70.1 Å². The molecule has 1 unspecified atom stereocenters. The molecule has 118 valence electrons. The largest absolute Gasteiger partial charge is 0.380 e. The number of aromatic nitrogens is 2. The lowest BCUT2D eigenvalue weighted by Gasteiger charge is -2.24. The number of nitrogens with two attached hydrogens (primary N) is 1. The molecular weight excluding hydrogens is 278 g/mol. The average Bonchev–Trinajstić information content (AvgIpc) is 2.90. The fourth-order valence-electron chi connectivity index (χ4n) is 3.28. The zero-order valence-corrected chi connectivity index (χ0v) is 13.6. The maximum atomic E-state index is 12.8. The number of hydrogen-bond donors (Lipinski definition) is 1. The van der Waals surface area contributed by atoms with Crippen LogP contribution in [-0.4, -0.2) is 22.8 Å². The molecule has 0 spiro atoms. The molecule has 0 aliphatic carbocycles. The van der Waals surface area contributed by atoms with Gasteiger partial charge in [0.05, 0.1) is 22.9 Å². The Labute approximate surface area is 130 Å². The van der Waals surface area contributed by atoms with Crippen molar-refractivity contribution in [2.75, 3.05) is 13.2 Å². The third-order valence-electron chi connectivity index (χ3n) is 4.60. The highest BCUT2D eigenvalue weighted by atomic mass is 16.5. The van der Waals surface area contributed by atoms with E-state index in [0.717, 1.165) is 28.9 Å². The lowest BCUT2D eigenvalue weighted by molar-refractivity contribution is 0.178. The second kappa shape index (κ2) is 5.18. The van der Waals surface area contributed by atoms with Crippen LogP contribution in [0.5, 0.6) is 0 Å². The van der Waals surface area contributed by atoms with Crippen LogP contribution in [0.4, 0.5) is 0 Å². The van der Waals surface area contributed by atoms with Crippen molar-refractivity contribution in [1.29, 1.82) is 0 Å². The van der Waals surface area contributed by atoms with Crippen LogP contribution in [0.2, 0.25) is 0 Å². The van der Waals surface area contributed by atoms with E-state index in [9.17, 15) is 4.79 Å². The van der Waals surface area contributed by atoms with Crippen LogP contribution in [0, 0.1) is 6.92 Å². The third-order valence-corrected chi connectivity index (χ3v) is 4.60. The van der Waals surface area contributed by atoms with E-state index in [1.165, 1.54) is 0 Å². The predicted molar refractivity (Wildman–Crippen MR) is 87.1 cm³/mol. The van der Waals surface area contributed by atoms with Crippen molar-refractivity contribution in [1.82, 2.24) is 9.55 Å². The van der Waals surface area contributed by atoms with Gasteiger partial charge in [-0.2, -0.15) is 0 Å². The number of hydrogen-bond acceptors (Lipinski definition) is 4. The number of benzene rings is 1. The molecule has 1 aliphatic heterocycles. The molecule has 2 heterocycles. The summed E-state index contributed by atoms with van der Waals surface area (Å²) in [5.74, 6) is 0.785. The number of ether oxygens (including phenoxy) is 1.